The highest BCUT2D eigenvalue weighted by atomic mass is 16.6. The van der Waals surface area contributed by atoms with Crippen LogP contribution < -0.4 is 15.4 Å². The van der Waals surface area contributed by atoms with E-state index in [0.29, 0.717) is 35.8 Å². The Morgan fingerprint density at radius 2 is 1.71 bits per heavy atom. The van der Waals surface area contributed by atoms with E-state index in [4.69, 9.17) is 4.74 Å². The first kappa shape index (κ1) is 27.3. The van der Waals surface area contributed by atoms with E-state index < -0.39 is 16.9 Å². The summed E-state index contributed by atoms with van der Waals surface area (Å²) in [5.41, 5.74) is 2.85. The van der Waals surface area contributed by atoms with Gasteiger partial charge in [0.05, 0.1) is 24.0 Å². The predicted octanol–water partition coefficient (Wildman–Crippen LogP) is 4.71. The lowest BCUT2D eigenvalue weighted by Gasteiger charge is -2.42. The lowest BCUT2D eigenvalue weighted by atomic mass is 9.79. The molecule has 2 atom stereocenters. The first-order valence-electron chi connectivity index (χ1n) is 13.2. The fraction of sp³-hybridized carbons (Fsp3) is 0.194. The van der Waals surface area contributed by atoms with Crippen LogP contribution in [0.25, 0.3) is 0 Å². The topological polar surface area (TPSA) is 127 Å². The minimum atomic E-state index is -0.668. The van der Waals surface area contributed by atoms with Crippen LogP contribution in [0, 0.1) is 10.1 Å². The van der Waals surface area contributed by atoms with Gasteiger partial charge >= 0.3 is 0 Å². The molecule has 41 heavy (non-hydrogen) atoms. The van der Waals surface area contributed by atoms with Crippen LogP contribution in [0.4, 0.5) is 11.5 Å². The van der Waals surface area contributed by atoms with Crippen LogP contribution in [0.1, 0.15) is 39.0 Å². The van der Waals surface area contributed by atoms with Crippen molar-refractivity contribution in [3.05, 3.63) is 130 Å². The fourth-order valence-electron chi connectivity index (χ4n) is 5.09. The molecule has 0 radical (unpaired) electrons. The second-order valence-electron chi connectivity index (χ2n) is 9.58. The number of hydrogen-bond donors (Lipinski definition) is 2. The van der Waals surface area contributed by atoms with Gasteiger partial charge in [0.1, 0.15) is 17.8 Å². The molecule has 0 saturated carbocycles. The van der Waals surface area contributed by atoms with Crippen LogP contribution in [0.2, 0.25) is 0 Å². The quantitative estimate of drug-likeness (QED) is 0.166. The van der Waals surface area contributed by atoms with Gasteiger partial charge in [0.15, 0.2) is 0 Å². The number of hydrogen-bond acceptors (Lipinski definition) is 7. The number of nitro groups is 1. The van der Waals surface area contributed by atoms with Gasteiger partial charge in [0, 0.05) is 31.3 Å². The summed E-state index contributed by atoms with van der Waals surface area (Å²) in [5, 5.41) is 16.9. The third-order valence-corrected chi connectivity index (χ3v) is 7.06. The van der Waals surface area contributed by atoms with E-state index in [2.05, 4.69) is 15.6 Å². The molecule has 0 spiro atoms. The molecule has 10 heteroatoms. The Balaban J connectivity index is 1.42. The first-order valence-corrected chi connectivity index (χ1v) is 13.2. The first-order chi connectivity index (χ1) is 20.0. The van der Waals surface area contributed by atoms with E-state index >= 15 is 0 Å². The van der Waals surface area contributed by atoms with Gasteiger partial charge < -0.3 is 20.3 Å². The van der Waals surface area contributed by atoms with Crippen molar-refractivity contribution in [3.8, 4) is 5.75 Å². The Labute approximate surface area is 237 Å². The molecule has 2 amide bonds. The largest absolute Gasteiger partial charge is 0.497 e. The number of fused-ring (bicyclic) bond motifs is 1. The number of anilines is 1. The number of nitrogens with zero attached hydrogens (tertiary/aromatic N) is 3. The molecule has 1 aromatic heterocycles. The summed E-state index contributed by atoms with van der Waals surface area (Å²) in [6.45, 7) is 0.963. The zero-order valence-corrected chi connectivity index (χ0v) is 22.4. The highest BCUT2D eigenvalue weighted by molar-refractivity contribution is 6.01. The number of amides is 2. The van der Waals surface area contributed by atoms with Crippen LogP contribution in [-0.2, 0) is 11.3 Å². The lowest BCUT2D eigenvalue weighted by molar-refractivity contribution is -0.385. The van der Waals surface area contributed by atoms with Gasteiger partial charge in [-0.15, -0.1) is 0 Å². The van der Waals surface area contributed by atoms with Gasteiger partial charge in [-0.3, -0.25) is 19.7 Å². The third kappa shape index (κ3) is 6.01. The van der Waals surface area contributed by atoms with Gasteiger partial charge in [0.2, 0.25) is 5.91 Å². The van der Waals surface area contributed by atoms with Gasteiger partial charge in [0.25, 0.3) is 11.6 Å². The Kier molecular flexibility index (Phi) is 8.19. The van der Waals surface area contributed by atoms with Crippen LogP contribution >= 0.6 is 0 Å². The van der Waals surface area contributed by atoms with Crippen molar-refractivity contribution in [1.82, 2.24) is 15.2 Å². The molecular weight excluding hydrogens is 522 g/mol. The highest BCUT2D eigenvalue weighted by Crippen LogP contribution is 2.44. The molecule has 0 bridgehead atoms. The van der Waals surface area contributed by atoms with Crippen LogP contribution in [0.5, 0.6) is 5.75 Å². The van der Waals surface area contributed by atoms with E-state index in [1.54, 1.807) is 24.1 Å². The standard InChI is InChI=1S/C31H29N5O5/c1-41-24-14-11-22(12-15-24)29-28(30(37)33-18-17-32-27-16-13-23(19-34-27)36(39)40)25-9-5-6-10-26(25)31(38)35(29)20-21-7-3-2-4-8-21/h2-16,19,28-29H,17-18,20H2,1H3,(H,32,34)(H,33,37)/t28-,29-/m0/s1. The summed E-state index contributed by atoms with van der Waals surface area (Å²) in [7, 11) is 1.59. The maximum absolute atomic E-state index is 13.9. The molecule has 0 aliphatic carbocycles. The number of benzene rings is 3. The van der Waals surface area contributed by atoms with Crippen molar-refractivity contribution in [2.24, 2.45) is 0 Å². The molecule has 1 aliphatic rings. The number of pyridine rings is 1. The predicted molar refractivity (Wildman–Crippen MR) is 154 cm³/mol. The summed E-state index contributed by atoms with van der Waals surface area (Å²) in [4.78, 5) is 44.0. The zero-order valence-electron chi connectivity index (χ0n) is 22.4. The Morgan fingerprint density at radius 3 is 2.39 bits per heavy atom. The van der Waals surface area contributed by atoms with Crippen molar-refractivity contribution >= 4 is 23.3 Å². The van der Waals surface area contributed by atoms with Crippen molar-refractivity contribution in [1.29, 1.82) is 0 Å². The van der Waals surface area contributed by atoms with Crippen molar-refractivity contribution in [3.63, 3.8) is 0 Å². The molecular formula is C31H29N5O5. The summed E-state index contributed by atoms with van der Waals surface area (Å²) < 4.78 is 5.35. The molecule has 2 N–H and O–H groups in total. The maximum atomic E-state index is 13.9. The second-order valence-corrected chi connectivity index (χ2v) is 9.58. The van der Waals surface area contributed by atoms with Gasteiger partial charge in [-0.2, -0.15) is 0 Å². The molecule has 3 aromatic carbocycles. The van der Waals surface area contributed by atoms with E-state index in [0.717, 1.165) is 11.1 Å². The monoisotopic (exact) mass is 551 g/mol. The Bertz CT molecular complexity index is 1530. The van der Waals surface area contributed by atoms with E-state index in [9.17, 15) is 19.7 Å². The summed E-state index contributed by atoms with van der Waals surface area (Å²) in [6, 6.07) is 26.7. The number of carbonyl (C=O) groups excluding carboxylic acids is 2. The van der Waals surface area contributed by atoms with Crippen LogP contribution in [-0.4, -0.2) is 46.8 Å². The normalized spacial score (nSPS) is 16.0. The Morgan fingerprint density at radius 1 is 0.976 bits per heavy atom. The number of nitrogens with one attached hydrogen (secondary N) is 2. The summed E-state index contributed by atoms with van der Waals surface area (Å²) in [6.07, 6.45) is 1.18. The molecule has 2 heterocycles. The number of methoxy groups -OCH3 is 1. The van der Waals surface area contributed by atoms with Crippen molar-refractivity contribution in [2.45, 2.75) is 18.5 Å². The fourth-order valence-corrected chi connectivity index (χ4v) is 5.09. The average molecular weight is 552 g/mol. The minimum Gasteiger partial charge on any atom is -0.497 e. The van der Waals surface area contributed by atoms with Crippen LogP contribution in [0.3, 0.4) is 0 Å². The zero-order chi connectivity index (χ0) is 28.8. The van der Waals surface area contributed by atoms with Crippen LogP contribution in [0.15, 0.2) is 97.2 Å². The van der Waals surface area contributed by atoms with Gasteiger partial charge in [-0.05, 0) is 41.0 Å². The molecule has 5 rings (SSSR count). The average Bonchev–Trinajstić information content (AvgIpc) is 3.01. The third-order valence-electron chi connectivity index (χ3n) is 7.06. The number of rotatable bonds is 10. The maximum Gasteiger partial charge on any atom is 0.287 e. The van der Waals surface area contributed by atoms with Crippen molar-refractivity contribution < 1.29 is 19.2 Å². The van der Waals surface area contributed by atoms with Gasteiger partial charge in [-0.1, -0.05) is 60.7 Å². The smallest absolute Gasteiger partial charge is 0.287 e. The van der Waals surface area contributed by atoms with E-state index in [1.807, 2.05) is 66.7 Å². The van der Waals surface area contributed by atoms with E-state index in [-0.39, 0.29) is 24.0 Å². The molecule has 10 nitrogen and oxygen atoms in total. The number of carbonyl (C=O) groups is 2. The second kappa shape index (κ2) is 12.3. The molecule has 0 fully saturated rings. The summed E-state index contributed by atoms with van der Waals surface area (Å²) >= 11 is 0. The lowest BCUT2D eigenvalue weighted by Crippen LogP contribution is -2.47. The van der Waals surface area contributed by atoms with E-state index in [1.165, 1.54) is 18.3 Å². The molecule has 1 aliphatic heterocycles. The van der Waals surface area contributed by atoms with Crippen molar-refractivity contribution in [2.75, 3.05) is 25.5 Å². The molecule has 208 valence electrons. The Hall–Kier alpha value is -5.25. The van der Waals surface area contributed by atoms with Gasteiger partial charge in [-0.25, -0.2) is 4.98 Å². The SMILES string of the molecule is COc1ccc([C@H]2[C@@H](C(=O)NCCNc3ccc([N+](=O)[O-])cn3)c3ccccc3C(=O)N2Cc2ccccc2)cc1. The number of ether oxygens (including phenoxy) is 1. The highest BCUT2D eigenvalue weighted by Gasteiger charge is 2.44. The summed E-state index contributed by atoms with van der Waals surface area (Å²) in [5.74, 6) is 0.113. The number of aromatic nitrogens is 1. The molecule has 0 saturated heterocycles. The molecule has 4 aromatic rings. The minimum absolute atomic E-state index is 0.0982. The molecule has 0 unspecified atom stereocenters.